The second kappa shape index (κ2) is 9.76. The Morgan fingerprint density at radius 3 is 2.61 bits per heavy atom. The SMILES string of the molecule is CCC(=O)N(Cc1cccc2ccccc12)C1CCc2c(c3cc(F)ccc3n2C(CC)C(=O)O)C1. The van der Waals surface area contributed by atoms with Gasteiger partial charge in [-0.15, -0.1) is 0 Å². The number of hydrogen-bond donors (Lipinski definition) is 1. The van der Waals surface area contributed by atoms with Gasteiger partial charge in [-0.25, -0.2) is 9.18 Å². The number of carbonyl (C=O) groups excluding carboxylic acids is 1. The Kier molecular flexibility index (Phi) is 6.52. The molecule has 6 heteroatoms. The van der Waals surface area contributed by atoms with E-state index in [-0.39, 0.29) is 17.8 Å². The maximum absolute atomic E-state index is 14.3. The summed E-state index contributed by atoms with van der Waals surface area (Å²) in [6.45, 7) is 4.25. The summed E-state index contributed by atoms with van der Waals surface area (Å²) in [5, 5.41) is 12.9. The van der Waals surface area contributed by atoms with Crippen molar-refractivity contribution >= 4 is 33.6 Å². The fourth-order valence-electron chi connectivity index (χ4n) is 5.87. The molecule has 1 heterocycles. The third-order valence-electron chi connectivity index (χ3n) is 7.60. The van der Waals surface area contributed by atoms with Gasteiger partial charge in [-0.05, 0) is 65.8 Å². The second-order valence-corrected chi connectivity index (χ2v) is 9.63. The highest BCUT2D eigenvalue weighted by molar-refractivity contribution is 5.89. The smallest absolute Gasteiger partial charge is 0.326 e. The maximum atomic E-state index is 14.3. The Labute approximate surface area is 210 Å². The number of fused-ring (bicyclic) bond motifs is 4. The van der Waals surface area contributed by atoms with Crippen LogP contribution in [0.3, 0.4) is 0 Å². The minimum atomic E-state index is -0.887. The fourth-order valence-corrected chi connectivity index (χ4v) is 5.87. The van der Waals surface area contributed by atoms with E-state index in [1.165, 1.54) is 12.1 Å². The molecule has 186 valence electrons. The first-order valence-corrected chi connectivity index (χ1v) is 12.7. The average Bonchev–Trinajstić information content (AvgIpc) is 3.19. The highest BCUT2D eigenvalue weighted by Gasteiger charge is 2.33. The molecule has 2 unspecified atom stereocenters. The molecule has 36 heavy (non-hydrogen) atoms. The highest BCUT2D eigenvalue weighted by Crippen LogP contribution is 2.38. The largest absolute Gasteiger partial charge is 0.480 e. The van der Waals surface area contributed by atoms with Crippen LogP contribution in [-0.2, 0) is 29.0 Å². The number of carboxylic acid groups (broad SMARTS) is 1. The predicted octanol–water partition coefficient (Wildman–Crippen LogP) is 6.27. The zero-order valence-electron chi connectivity index (χ0n) is 20.7. The summed E-state index contributed by atoms with van der Waals surface area (Å²) in [6.07, 6.45) is 2.80. The number of amides is 1. The number of carbonyl (C=O) groups is 2. The molecule has 1 amide bonds. The zero-order valence-corrected chi connectivity index (χ0v) is 20.7. The number of halogens is 1. The summed E-state index contributed by atoms with van der Waals surface area (Å²) >= 11 is 0. The summed E-state index contributed by atoms with van der Waals surface area (Å²) < 4.78 is 16.2. The lowest BCUT2D eigenvalue weighted by Gasteiger charge is -2.35. The van der Waals surface area contributed by atoms with E-state index in [4.69, 9.17) is 0 Å². The lowest BCUT2D eigenvalue weighted by atomic mass is 9.89. The minimum Gasteiger partial charge on any atom is -0.480 e. The van der Waals surface area contributed by atoms with E-state index in [0.29, 0.717) is 32.2 Å². The van der Waals surface area contributed by atoms with Gasteiger partial charge in [0.1, 0.15) is 11.9 Å². The van der Waals surface area contributed by atoms with Gasteiger partial charge in [0.2, 0.25) is 5.91 Å². The Hall–Kier alpha value is -3.67. The van der Waals surface area contributed by atoms with Gasteiger partial charge in [-0.1, -0.05) is 56.3 Å². The molecule has 1 aliphatic carbocycles. The van der Waals surface area contributed by atoms with Crippen molar-refractivity contribution in [3.63, 3.8) is 0 Å². The minimum absolute atomic E-state index is 0.0452. The maximum Gasteiger partial charge on any atom is 0.326 e. The van der Waals surface area contributed by atoms with Crippen LogP contribution in [0.5, 0.6) is 0 Å². The molecule has 0 radical (unpaired) electrons. The Bertz CT molecular complexity index is 1450. The topological polar surface area (TPSA) is 62.5 Å². The first kappa shape index (κ1) is 24.0. The van der Waals surface area contributed by atoms with Crippen LogP contribution in [0.1, 0.15) is 56.0 Å². The summed E-state index contributed by atoms with van der Waals surface area (Å²) in [7, 11) is 0. The third-order valence-corrected chi connectivity index (χ3v) is 7.60. The predicted molar refractivity (Wildman–Crippen MR) is 139 cm³/mol. The summed E-state index contributed by atoms with van der Waals surface area (Å²) in [6, 6.07) is 18.2. The van der Waals surface area contributed by atoms with Crippen LogP contribution in [0, 0.1) is 5.82 Å². The van der Waals surface area contributed by atoms with E-state index in [1.807, 2.05) is 41.5 Å². The molecule has 0 bridgehead atoms. The number of aromatic nitrogens is 1. The quantitative estimate of drug-likeness (QED) is 0.335. The molecule has 0 saturated heterocycles. The van der Waals surface area contributed by atoms with Gasteiger partial charge in [0.05, 0.1) is 0 Å². The molecule has 1 aliphatic rings. The normalized spacial score (nSPS) is 16.1. The monoisotopic (exact) mass is 486 g/mol. The molecule has 3 aromatic carbocycles. The number of nitrogens with zero attached hydrogens (tertiary/aromatic N) is 2. The Morgan fingerprint density at radius 1 is 1.08 bits per heavy atom. The molecule has 1 aromatic heterocycles. The Balaban J connectivity index is 1.56. The van der Waals surface area contributed by atoms with Crippen molar-refractivity contribution in [1.29, 1.82) is 0 Å². The van der Waals surface area contributed by atoms with Gasteiger partial charge in [0.15, 0.2) is 0 Å². The van der Waals surface area contributed by atoms with Crippen molar-refractivity contribution in [2.75, 3.05) is 0 Å². The number of rotatable bonds is 7. The van der Waals surface area contributed by atoms with Gasteiger partial charge in [-0.3, -0.25) is 4.79 Å². The van der Waals surface area contributed by atoms with Gasteiger partial charge in [-0.2, -0.15) is 0 Å². The van der Waals surface area contributed by atoms with Gasteiger partial charge in [0.25, 0.3) is 0 Å². The number of hydrogen-bond acceptors (Lipinski definition) is 2. The van der Waals surface area contributed by atoms with Crippen molar-refractivity contribution in [3.8, 4) is 0 Å². The number of aliphatic carboxylic acids is 1. The summed E-state index contributed by atoms with van der Waals surface area (Å²) in [4.78, 5) is 27.3. The molecule has 4 aromatic rings. The lowest BCUT2D eigenvalue weighted by Crippen LogP contribution is -2.43. The van der Waals surface area contributed by atoms with Gasteiger partial charge < -0.3 is 14.6 Å². The van der Waals surface area contributed by atoms with Crippen LogP contribution in [0.25, 0.3) is 21.7 Å². The first-order chi connectivity index (χ1) is 17.4. The van der Waals surface area contributed by atoms with Crippen molar-refractivity contribution in [1.82, 2.24) is 9.47 Å². The van der Waals surface area contributed by atoms with E-state index < -0.39 is 12.0 Å². The summed E-state index contributed by atoms with van der Waals surface area (Å²) in [5.41, 5.74) is 3.77. The highest BCUT2D eigenvalue weighted by atomic mass is 19.1. The van der Waals surface area contributed by atoms with Crippen molar-refractivity contribution in [2.24, 2.45) is 0 Å². The van der Waals surface area contributed by atoms with Crippen molar-refractivity contribution in [3.05, 3.63) is 83.3 Å². The average molecular weight is 487 g/mol. The van der Waals surface area contributed by atoms with Crippen LogP contribution in [0.2, 0.25) is 0 Å². The van der Waals surface area contributed by atoms with Crippen molar-refractivity contribution in [2.45, 2.75) is 64.6 Å². The first-order valence-electron chi connectivity index (χ1n) is 12.7. The standard InChI is InChI=1S/C30H31FN2O3/c1-3-26(30(35)36)33-27-14-12-21(31)16-24(27)25-17-22(13-15-28(25)33)32(29(34)4-2)18-20-10-7-9-19-8-5-6-11-23(19)20/h5-12,14,16,22,26H,3-4,13,15,17-18H2,1-2H3,(H,35,36). The van der Waals surface area contributed by atoms with Gasteiger partial charge in [0, 0.05) is 35.6 Å². The Morgan fingerprint density at radius 2 is 1.86 bits per heavy atom. The molecular formula is C30H31FN2O3. The fraction of sp³-hybridized carbons (Fsp3) is 0.333. The van der Waals surface area contributed by atoms with E-state index in [9.17, 15) is 19.1 Å². The molecular weight excluding hydrogens is 455 g/mol. The van der Waals surface area contributed by atoms with E-state index in [0.717, 1.165) is 44.9 Å². The summed E-state index contributed by atoms with van der Waals surface area (Å²) in [5.74, 6) is -1.14. The van der Waals surface area contributed by atoms with Crippen LogP contribution in [-0.4, -0.2) is 32.5 Å². The van der Waals surface area contributed by atoms with E-state index >= 15 is 0 Å². The molecule has 2 atom stereocenters. The van der Waals surface area contributed by atoms with Crippen LogP contribution in [0.4, 0.5) is 4.39 Å². The van der Waals surface area contributed by atoms with Crippen molar-refractivity contribution < 1.29 is 19.1 Å². The lowest BCUT2D eigenvalue weighted by molar-refractivity contribution is -0.141. The van der Waals surface area contributed by atoms with E-state index in [2.05, 4.69) is 24.3 Å². The molecule has 5 nitrogen and oxygen atoms in total. The number of benzene rings is 3. The molecule has 0 saturated carbocycles. The van der Waals surface area contributed by atoms with Crippen LogP contribution < -0.4 is 0 Å². The third kappa shape index (κ3) is 4.15. The van der Waals surface area contributed by atoms with Gasteiger partial charge >= 0.3 is 5.97 Å². The molecule has 0 aliphatic heterocycles. The number of carboxylic acids is 1. The molecule has 0 spiro atoms. The molecule has 0 fully saturated rings. The molecule has 1 N–H and O–H groups in total. The molecule has 5 rings (SSSR count). The van der Waals surface area contributed by atoms with Crippen LogP contribution in [0.15, 0.2) is 60.7 Å². The second-order valence-electron chi connectivity index (χ2n) is 9.63. The van der Waals surface area contributed by atoms with E-state index in [1.54, 1.807) is 6.07 Å². The zero-order chi connectivity index (χ0) is 25.4. The van der Waals surface area contributed by atoms with Crippen LogP contribution >= 0.6 is 0 Å².